The Hall–Kier alpha value is -1.37. The molecule has 1 amide bonds. The summed E-state index contributed by atoms with van der Waals surface area (Å²) < 4.78 is 18.1. The van der Waals surface area contributed by atoms with Crippen LogP contribution in [0.5, 0.6) is 17.2 Å². The summed E-state index contributed by atoms with van der Waals surface area (Å²) in [6, 6.07) is 5.37. The van der Waals surface area contributed by atoms with Crippen molar-refractivity contribution in [3.05, 3.63) is 27.7 Å². The number of nitrogens with zero attached hydrogens (tertiary/aromatic N) is 1. The Labute approximate surface area is 142 Å². The summed E-state index contributed by atoms with van der Waals surface area (Å²) in [6.45, 7) is 5.21. The molecule has 0 atom stereocenters. The maximum atomic E-state index is 12.8. The Morgan fingerprint density at radius 3 is 2.30 bits per heavy atom. The third kappa shape index (κ3) is 3.76. The van der Waals surface area contributed by atoms with Crippen molar-refractivity contribution in [2.24, 2.45) is 0 Å². The molecule has 1 aliphatic rings. The van der Waals surface area contributed by atoms with E-state index in [1.807, 2.05) is 13.8 Å². The van der Waals surface area contributed by atoms with E-state index in [-0.39, 0.29) is 5.91 Å². The third-order valence-electron chi connectivity index (χ3n) is 3.71. The fourth-order valence-electron chi connectivity index (χ4n) is 2.38. The minimum atomic E-state index is -2.70. The van der Waals surface area contributed by atoms with Gasteiger partial charge in [0.25, 0.3) is 0 Å². The molecule has 0 spiro atoms. The molecule has 126 valence electrons. The standard InChI is InChI=1S/C14H16NO4.3CH3.Sn/c1-4-15(5-2)14(16)13-9-18-12-8-10(17-3)6-7-11(12)19-13;;;;/h6-8H,4-5H2,1-3H3;3*1H3;. The molecule has 0 radical (unpaired) electrons. The number of carbonyl (C=O) groups is 1. The van der Waals surface area contributed by atoms with Crippen molar-refractivity contribution in [1.82, 2.24) is 4.90 Å². The van der Waals surface area contributed by atoms with E-state index in [1.165, 1.54) is 0 Å². The number of rotatable bonds is 5. The number of methoxy groups -OCH3 is 1. The molecule has 23 heavy (non-hydrogen) atoms. The topological polar surface area (TPSA) is 48.0 Å². The SMILES string of the molecule is CCN(CC)C(=O)C1=[C]([Sn]([CH3])([CH3])[CH3])Oc2cc(OC)ccc2O1. The van der Waals surface area contributed by atoms with Crippen LogP contribution in [0.3, 0.4) is 0 Å². The summed E-state index contributed by atoms with van der Waals surface area (Å²) >= 11 is -2.70. The van der Waals surface area contributed by atoms with E-state index in [0.29, 0.717) is 36.1 Å². The predicted octanol–water partition coefficient (Wildman–Crippen LogP) is 3.42. The van der Waals surface area contributed by atoms with Crippen LogP contribution >= 0.6 is 0 Å². The van der Waals surface area contributed by atoms with Crippen LogP contribution < -0.4 is 14.2 Å². The number of fused-ring (bicyclic) bond motifs is 1. The number of carbonyl (C=O) groups excluding carboxylic acids is 1. The molecule has 0 fully saturated rings. The number of hydrogen-bond donors (Lipinski definition) is 0. The molecule has 0 saturated carbocycles. The summed E-state index contributed by atoms with van der Waals surface area (Å²) in [6.07, 6.45) is 0. The van der Waals surface area contributed by atoms with E-state index in [4.69, 9.17) is 14.2 Å². The van der Waals surface area contributed by atoms with E-state index in [2.05, 4.69) is 14.8 Å². The monoisotopic (exact) mass is 427 g/mol. The molecule has 1 aliphatic heterocycles. The fraction of sp³-hybridized carbons (Fsp3) is 0.471. The molecule has 0 unspecified atom stereocenters. The van der Waals surface area contributed by atoms with Gasteiger partial charge in [0.05, 0.1) is 0 Å². The Balaban J connectivity index is 2.48. The molecule has 1 aromatic rings. The zero-order chi connectivity index (χ0) is 17.2. The predicted molar refractivity (Wildman–Crippen MR) is 92.6 cm³/mol. The van der Waals surface area contributed by atoms with Crippen LogP contribution in [0.25, 0.3) is 0 Å². The normalized spacial score (nSPS) is 13.8. The molecular formula is C17H25NO4Sn. The van der Waals surface area contributed by atoms with Crippen LogP contribution in [0.4, 0.5) is 0 Å². The molecule has 0 aliphatic carbocycles. The first-order valence-corrected chi connectivity index (χ1v) is 17.9. The quantitative estimate of drug-likeness (QED) is 0.678. The fourth-order valence-corrected chi connectivity index (χ4v) is 5.96. The number of hydrogen-bond acceptors (Lipinski definition) is 4. The van der Waals surface area contributed by atoms with Gasteiger partial charge < -0.3 is 0 Å². The van der Waals surface area contributed by atoms with Crippen molar-refractivity contribution in [2.75, 3.05) is 20.2 Å². The summed E-state index contributed by atoms with van der Waals surface area (Å²) in [5, 5.41) is 0. The van der Waals surface area contributed by atoms with Gasteiger partial charge in [-0.15, -0.1) is 0 Å². The van der Waals surface area contributed by atoms with Crippen molar-refractivity contribution in [3.63, 3.8) is 0 Å². The van der Waals surface area contributed by atoms with Crippen molar-refractivity contribution in [3.8, 4) is 17.2 Å². The average molecular weight is 426 g/mol. The van der Waals surface area contributed by atoms with Crippen LogP contribution in [-0.2, 0) is 4.79 Å². The molecule has 2 rings (SSSR count). The Morgan fingerprint density at radius 2 is 1.78 bits per heavy atom. The molecule has 1 heterocycles. The van der Waals surface area contributed by atoms with Gasteiger partial charge in [0.2, 0.25) is 0 Å². The average Bonchev–Trinajstić information content (AvgIpc) is 2.53. The number of likely N-dealkylation sites (N-methyl/N-ethyl adjacent to an activating group) is 1. The molecule has 0 aromatic heterocycles. The van der Waals surface area contributed by atoms with Gasteiger partial charge in [-0.25, -0.2) is 0 Å². The van der Waals surface area contributed by atoms with Gasteiger partial charge in [-0.05, 0) is 0 Å². The van der Waals surface area contributed by atoms with Crippen molar-refractivity contribution in [1.29, 1.82) is 0 Å². The van der Waals surface area contributed by atoms with E-state index in [0.717, 1.165) is 3.78 Å². The van der Waals surface area contributed by atoms with Crippen molar-refractivity contribution in [2.45, 2.75) is 28.7 Å². The maximum absolute atomic E-state index is 12.8. The summed E-state index contributed by atoms with van der Waals surface area (Å²) in [4.78, 5) is 21.2. The van der Waals surface area contributed by atoms with E-state index >= 15 is 0 Å². The van der Waals surface area contributed by atoms with Gasteiger partial charge in [0, 0.05) is 0 Å². The summed E-state index contributed by atoms with van der Waals surface area (Å²) in [5.74, 6) is 2.13. The van der Waals surface area contributed by atoms with Crippen LogP contribution in [0.15, 0.2) is 27.7 Å². The van der Waals surface area contributed by atoms with Gasteiger partial charge in [-0.3, -0.25) is 0 Å². The van der Waals surface area contributed by atoms with Gasteiger partial charge in [-0.2, -0.15) is 0 Å². The zero-order valence-electron chi connectivity index (χ0n) is 14.7. The first-order chi connectivity index (χ1) is 10.8. The Morgan fingerprint density at radius 1 is 1.13 bits per heavy atom. The molecule has 0 bridgehead atoms. The number of ether oxygens (including phenoxy) is 3. The second-order valence-electron chi connectivity index (χ2n) is 6.40. The van der Waals surface area contributed by atoms with Crippen molar-refractivity contribution < 1.29 is 19.0 Å². The van der Waals surface area contributed by atoms with Gasteiger partial charge >= 0.3 is 142 Å². The Bertz CT molecular complexity index is 630. The summed E-state index contributed by atoms with van der Waals surface area (Å²) in [5.41, 5.74) is 0. The number of amides is 1. The van der Waals surface area contributed by atoms with Crippen LogP contribution in [0.2, 0.25) is 14.8 Å². The molecule has 1 aromatic carbocycles. The third-order valence-corrected chi connectivity index (χ3v) is 8.53. The van der Waals surface area contributed by atoms with Gasteiger partial charge in [0.1, 0.15) is 0 Å². The molecule has 6 heteroatoms. The van der Waals surface area contributed by atoms with Gasteiger partial charge in [-0.1, -0.05) is 0 Å². The Kier molecular flexibility index (Phi) is 5.49. The first kappa shape index (κ1) is 18.0. The van der Waals surface area contributed by atoms with Crippen molar-refractivity contribution >= 4 is 24.3 Å². The van der Waals surface area contributed by atoms with Gasteiger partial charge in [0.15, 0.2) is 0 Å². The van der Waals surface area contributed by atoms with Crippen LogP contribution in [0.1, 0.15) is 13.8 Å². The molecule has 5 nitrogen and oxygen atoms in total. The molecule has 0 saturated heterocycles. The van der Waals surface area contributed by atoms with E-state index in [1.54, 1.807) is 30.2 Å². The minimum absolute atomic E-state index is 0.0990. The van der Waals surface area contributed by atoms with E-state index in [9.17, 15) is 4.79 Å². The zero-order valence-corrected chi connectivity index (χ0v) is 17.6. The number of benzene rings is 1. The molecular weight excluding hydrogens is 401 g/mol. The second kappa shape index (κ2) is 7.03. The second-order valence-corrected chi connectivity index (χ2v) is 20.5. The summed E-state index contributed by atoms with van der Waals surface area (Å²) in [7, 11) is 1.61. The van der Waals surface area contributed by atoms with Crippen LogP contribution in [-0.4, -0.2) is 49.4 Å². The van der Waals surface area contributed by atoms with Crippen LogP contribution in [0, 0.1) is 0 Å². The molecule has 0 N–H and O–H groups in total. The first-order valence-electron chi connectivity index (χ1n) is 7.89. The van der Waals surface area contributed by atoms with E-state index < -0.39 is 18.4 Å².